The van der Waals surface area contributed by atoms with E-state index in [1.807, 2.05) is 45.0 Å². The van der Waals surface area contributed by atoms with Gasteiger partial charge in [-0.1, -0.05) is 37.6 Å². The summed E-state index contributed by atoms with van der Waals surface area (Å²) in [5.41, 5.74) is 6.96. The molecule has 1 aromatic carbocycles. The van der Waals surface area contributed by atoms with Gasteiger partial charge in [-0.2, -0.15) is 0 Å². The first-order valence-electron chi connectivity index (χ1n) is 6.24. The second kappa shape index (κ2) is 6.76. The lowest BCUT2D eigenvalue weighted by atomic mass is 10.0. The van der Waals surface area contributed by atoms with Crippen LogP contribution in [-0.2, 0) is 11.3 Å². The highest BCUT2D eigenvalue weighted by molar-refractivity contribution is 6.30. The van der Waals surface area contributed by atoms with Gasteiger partial charge in [-0.25, -0.2) is 0 Å². The first kappa shape index (κ1) is 15.0. The number of benzene rings is 1. The average Bonchev–Trinajstić information content (AvgIpc) is 2.36. The zero-order valence-electron chi connectivity index (χ0n) is 11.2. The number of halogens is 1. The van der Waals surface area contributed by atoms with Crippen molar-refractivity contribution in [3.63, 3.8) is 0 Å². The van der Waals surface area contributed by atoms with Crippen LogP contribution in [0.4, 0.5) is 0 Å². The van der Waals surface area contributed by atoms with Crippen LogP contribution in [-0.4, -0.2) is 23.4 Å². The van der Waals surface area contributed by atoms with Crippen LogP contribution >= 0.6 is 11.6 Å². The Labute approximate surface area is 114 Å². The van der Waals surface area contributed by atoms with Crippen molar-refractivity contribution < 1.29 is 4.79 Å². The number of nitrogens with two attached hydrogens (primary N) is 1. The molecule has 0 aromatic heterocycles. The molecule has 1 aromatic rings. The van der Waals surface area contributed by atoms with Crippen molar-refractivity contribution in [2.24, 2.45) is 11.7 Å². The minimum atomic E-state index is -0.433. The normalized spacial score (nSPS) is 12.6. The highest BCUT2D eigenvalue weighted by atomic mass is 35.5. The van der Waals surface area contributed by atoms with Gasteiger partial charge in [0.15, 0.2) is 0 Å². The quantitative estimate of drug-likeness (QED) is 0.892. The number of hydrogen-bond acceptors (Lipinski definition) is 2. The molecule has 0 aliphatic heterocycles. The molecule has 1 atom stereocenters. The SMILES string of the molecule is CCN(Cc1ccc(Cl)cc1)C(=O)[C@@H](N)C(C)C. The molecule has 100 valence electrons. The molecule has 0 saturated carbocycles. The maximum Gasteiger partial charge on any atom is 0.240 e. The van der Waals surface area contributed by atoms with E-state index in [1.54, 1.807) is 4.90 Å². The van der Waals surface area contributed by atoms with Gasteiger partial charge in [-0.3, -0.25) is 4.79 Å². The lowest BCUT2D eigenvalue weighted by Crippen LogP contribution is -2.46. The first-order chi connectivity index (χ1) is 8.45. The smallest absolute Gasteiger partial charge is 0.240 e. The third kappa shape index (κ3) is 4.00. The Morgan fingerprint density at radius 1 is 1.33 bits per heavy atom. The lowest BCUT2D eigenvalue weighted by Gasteiger charge is -2.26. The Balaban J connectivity index is 2.72. The summed E-state index contributed by atoms with van der Waals surface area (Å²) >= 11 is 5.84. The Kier molecular flexibility index (Phi) is 5.63. The van der Waals surface area contributed by atoms with Crippen LogP contribution in [0.1, 0.15) is 26.3 Å². The Hall–Kier alpha value is -1.06. The van der Waals surface area contributed by atoms with Gasteiger partial charge in [0.1, 0.15) is 0 Å². The standard InChI is InChI=1S/C14H21ClN2O/c1-4-17(14(18)13(16)10(2)3)9-11-5-7-12(15)8-6-11/h5-8,10,13H,4,9,16H2,1-3H3/t13-/m0/s1. The summed E-state index contributed by atoms with van der Waals surface area (Å²) in [6.45, 7) is 7.10. The van der Waals surface area contributed by atoms with Crippen molar-refractivity contribution in [3.05, 3.63) is 34.9 Å². The van der Waals surface area contributed by atoms with E-state index >= 15 is 0 Å². The zero-order chi connectivity index (χ0) is 13.7. The molecule has 0 aliphatic rings. The van der Waals surface area contributed by atoms with Crippen molar-refractivity contribution in [1.29, 1.82) is 0 Å². The first-order valence-corrected chi connectivity index (χ1v) is 6.62. The van der Waals surface area contributed by atoms with E-state index in [0.29, 0.717) is 18.1 Å². The molecule has 2 N–H and O–H groups in total. The largest absolute Gasteiger partial charge is 0.337 e. The van der Waals surface area contributed by atoms with Gasteiger partial charge >= 0.3 is 0 Å². The second-order valence-electron chi connectivity index (χ2n) is 4.75. The summed E-state index contributed by atoms with van der Waals surface area (Å²) in [5, 5.41) is 0.701. The summed E-state index contributed by atoms with van der Waals surface area (Å²) in [4.78, 5) is 13.9. The predicted octanol–water partition coefficient (Wildman–Crippen LogP) is 2.67. The fraction of sp³-hybridized carbons (Fsp3) is 0.500. The van der Waals surface area contributed by atoms with Gasteiger partial charge in [0.25, 0.3) is 0 Å². The lowest BCUT2D eigenvalue weighted by molar-refractivity contribution is -0.134. The molecule has 0 aliphatic carbocycles. The van der Waals surface area contributed by atoms with Crippen LogP contribution in [0.3, 0.4) is 0 Å². The van der Waals surface area contributed by atoms with Gasteiger partial charge < -0.3 is 10.6 Å². The van der Waals surface area contributed by atoms with Crippen molar-refractivity contribution in [3.8, 4) is 0 Å². The van der Waals surface area contributed by atoms with Crippen LogP contribution in [0.15, 0.2) is 24.3 Å². The van der Waals surface area contributed by atoms with E-state index in [2.05, 4.69) is 0 Å². The van der Waals surface area contributed by atoms with Gasteiger partial charge in [-0.15, -0.1) is 0 Å². The number of carbonyl (C=O) groups excluding carboxylic acids is 1. The number of likely N-dealkylation sites (N-methyl/N-ethyl adjacent to an activating group) is 1. The molecule has 0 spiro atoms. The molecule has 0 radical (unpaired) electrons. The minimum Gasteiger partial charge on any atom is -0.337 e. The number of hydrogen-bond donors (Lipinski definition) is 1. The van der Waals surface area contributed by atoms with Crippen LogP contribution in [0, 0.1) is 5.92 Å². The fourth-order valence-electron chi connectivity index (χ4n) is 1.65. The van der Waals surface area contributed by atoms with Gasteiger partial charge in [0.05, 0.1) is 6.04 Å². The third-order valence-electron chi connectivity index (χ3n) is 2.98. The molecule has 4 heteroatoms. The van der Waals surface area contributed by atoms with Crippen LogP contribution < -0.4 is 5.73 Å². The molecule has 0 heterocycles. The summed E-state index contributed by atoms with van der Waals surface area (Å²) in [6, 6.07) is 7.09. The van der Waals surface area contributed by atoms with Crippen LogP contribution in [0.5, 0.6) is 0 Å². The average molecular weight is 269 g/mol. The summed E-state index contributed by atoms with van der Waals surface area (Å²) in [7, 11) is 0. The second-order valence-corrected chi connectivity index (χ2v) is 5.19. The van der Waals surface area contributed by atoms with E-state index in [0.717, 1.165) is 5.56 Å². The molecule has 1 amide bonds. The van der Waals surface area contributed by atoms with Crippen LogP contribution in [0.25, 0.3) is 0 Å². The number of carbonyl (C=O) groups is 1. The van der Waals surface area contributed by atoms with Crippen molar-refractivity contribution >= 4 is 17.5 Å². The number of amides is 1. The molecular weight excluding hydrogens is 248 g/mol. The number of nitrogens with zero attached hydrogens (tertiary/aromatic N) is 1. The zero-order valence-corrected chi connectivity index (χ0v) is 11.9. The monoisotopic (exact) mass is 268 g/mol. The van der Waals surface area contributed by atoms with E-state index in [1.165, 1.54) is 0 Å². The third-order valence-corrected chi connectivity index (χ3v) is 3.24. The van der Waals surface area contributed by atoms with Crippen molar-refractivity contribution in [2.75, 3.05) is 6.54 Å². The maximum absolute atomic E-state index is 12.2. The molecule has 18 heavy (non-hydrogen) atoms. The highest BCUT2D eigenvalue weighted by Crippen LogP contribution is 2.13. The van der Waals surface area contributed by atoms with E-state index < -0.39 is 6.04 Å². The molecule has 0 bridgehead atoms. The highest BCUT2D eigenvalue weighted by Gasteiger charge is 2.22. The molecule has 0 fully saturated rings. The molecular formula is C14H21ClN2O. The predicted molar refractivity (Wildman–Crippen MR) is 75.4 cm³/mol. The van der Waals surface area contributed by atoms with Gasteiger partial charge in [0.2, 0.25) is 5.91 Å². The van der Waals surface area contributed by atoms with E-state index in [-0.39, 0.29) is 11.8 Å². The molecule has 0 saturated heterocycles. The van der Waals surface area contributed by atoms with E-state index in [9.17, 15) is 4.79 Å². The summed E-state index contributed by atoms with van der Waals surface area (Å²) < 4.78 is 0. The molecule has 0 unspecified atom stereocenters. The topological polar surface area (TPSA) is 46.3 Å². The summed E-state index contributed by atoms with van der Waals surface area (Å²) in [5.74, 6) is 0.152. The Morgan fingerprint density at radius 3 is 2.33 bits per heavy atom. The van der Waals surface area contributed by atoms with Crippen molar-refractivity contribution in [2.45, 2.75) is 33.4 Å². The van der Waals surface area contributed by atoms with Gasteiger partial charge in [-0.05, 0) is 30.5 Å². The number of rotatable bonds is 5. The summed E-state index contributed by atoms with van der Waals surface area (Å²) in [6.07, 6.45) is 0. The molecule has 3 nitrogen and oxygen atoms in total. The maximum atomic E-state index is 12.2. The molecule has 1 rings (SSSR count). The fourth-order valence-corrected chi connectivity index (χ4v) is 1.78. The van der Waals surface area contributed by atoms with Crippen molar-refractivity contribution in [1.82, 2.24) is 4.90 Å². The Bertz CT molecular complexity index is 389. The van der Waals surface area contributed by atoms with E-state index in [4.69, 9.17) is 17.3 Å². The van der Waals surface area contributed by atoms with Crippen LogP contribution in [0.2, 0.25) is 5.02 Å². The Morgan fingerprint density at radius 2 is 1.89 bits per heavy atom. The minimum absolute atomic E-state index is 0.00227. The van der Waals surface area contributed by atoms with Gasteiger partial charge in [0, 0.05) is 18.1 Å².